The van der Waals surface area contributed by atoms with E-state index in [9.17, 15) is 4.79 Å². The minimum absolute atomic E-state index is 0.0730. The van der Waals surface area contributed by atoms with Crippen molar-refractivity contribution in [1.29, 1.82) is 0 Å². The third kappa shape index (κ3) is 3.46. The minimum Gasteiger partial charge on any atom is -0.497 e. The maximum Gasteiger partial charge on any atom is 0.262 e. The minimum atomic E-state index is -0.251. The summed E-state index contributed by atoms with van der Waals surface area (Å²) in [4.78, 5) is 16.6. The van der Waals surface area contributed by atoms with Gasteiger partial charge < -0.3 is 14.8 Å². The molecule has 1 N–H and O–H groups in total. The van der Waals surface area contributed by atoms with Crippen LogP contribution < -0.4 is 14.8 Å². The van der Waals surface area contributed by atoms with Crippen LogP contribution >= 0.6 is 0 Å². The molecule has 24 heavy (non-hydrogen) atoms. The van der Waals surface area contributed by atoms with Crippen molar-refractivity contribution < 1.29 is 14.3 Å². The van der Waals surface area contributed by atoms with E-state index in [-0.39, 0.29) is 12.5 Å². The molecule has 0 aliphatic carbocycles. The van der Waals surface area contributed by atoms with E-state index in [1.165, 1.54) is 0 Å². The fourth-order valence-corrected chi connectivity index (χ4v) is 2.43. The molecular formula is C19H18N2O3. The molecule has 0 atom stereocenters. The molecule has 0 bridgehead atoms. The van der Waals surface area contributed by atoms with Crippen molar-refractivity contribution in [3.05, 3.63) is 60.3 Å². The van der Waals surface area contributed by atoms with E-state index in [1.807, 2.05) is 49.4 Å². The van der Waals surface area contributed by atoms with E-state index in [1.54, 1.807) is 19.4 Å². The first-order chi connectivity index (χ1) is 11.7. The number of benzene rings is 2. The molecule has 0 aliphatic rings. The number of aromatic nitrogens is 1. The predicted octanol–water partition coefficient (Wildman–Crippen LogP) is 3.57. The molecule has 1 amide bonds. The van der Waals surface area contributed by atoms with Gasteiger partial charge in [-0.15, -0.1) is 0 Å². The van der Waals surface area contributed by atoms with Crippen molar-refractivity contribution in [2.24, 2.45) is 0 Å². The van der Waals surface area contributed by atoms with Gasteiger partial charge in [-0.05, 0) is 30.7 Å². The molecule has 5 nitrogen and oxygen atoms in total. The largest absolute Gasteiger partial charge is 0.497 e. The van der Waals surface area contributed by atoms with E-state index < -0.39 is 0 Å². The maximum atomic E-state index is 12.2. The van der Waals surface area contributed by atoms with Gasteiger partial charge in [0.15, 0.2) is 6.61 Å². The molecule has 0 aliphatic heterocycles. The van der Waals surface area contributed by atoms with Crippen LogP contribution in [0.1, 0.15) is 5.56 Å². The lowest BCUT2D eigenvalue weighted by Crippen LogP contribution is -2.20. The molecule has 5 heteroatoms. The molecule has 1 heterocycles. The van der Waals surface area contributed by atoms with E-state index >= 15 is 0 Å². The smallest absolute Gasteiger partial charge is 0.262 e. The second kappa shape index (κ2) is 7.00. The molecule has 122 valence electrons. The number of hydrogen-bond donors (Lipinski definition) is 1. The number of nitrogens with zero attached hydrogens (tertiary/aromatic N) is 1. The van der Waals surface area contributed by atoms with Crippen LogP contribution in [0.3, 0.4) is 0 Å². The number of hydrogen-bond acceptors (Lipinski definition) is 4. The van der Waals surface area contributed by atoms with Crippen LogP contribution in [0.5, 0.6) is 11.5 Å². The van der Waals surface area contributed by atoms with Gasteiger partial charge in [0.05, 0.1) is 18.3 Å². The first-order valence-corrected chi connectivity index (χ1v) is 7.58. The normalized spacial score (nSPS) is 10.4. The zero-order valence-corrected chi connectivity index (χ0v) is 13.6. The molecule has 0 saturated heterocycles. The fourth-order valence-electron chi connectivity index (χ4n) is 2.43. The van der Waals surface area contributed by atoms with Gasteiger partial charge in [0, 0.05) is 17.6 Å². The summed E-state index contributed by atoms with van der Waals surface area (Å²) >= 11 is 0. The zero-order valence-electron chi connectivity index (χ0n) is 13.6. The summed E-state index contributed by atoms with van der Waals surface area (Å²) < 4.78 is 10.9. The summed E-state index contributed by atoms with van der Waals surface area (Å²) in [5.41, 5.74) is 2.30. The van der Waals surface area contributed by atoms with Crippen molar-refractivity contribution in [2.75, 3.05) is 19.0 Å². The number of methoxy groups -OCH3 is 1. The Kier molecular flexibility index (Phi) is 4.61. The van der Waals surface area contributed by atoms with Gasteiger partial charge in [0.2, 0.25) is 0 Å². The van der Waals surface area contributed by atoms with Gasteiger partial charge in [0.1, 0.15) is 11.5 Å². The molecule has 2 aromatic carbocycles. The molecule has 0 fully saturated rings. The van der Waals surface area contributed by atoms with E-state index in [4.69, 9.17) is 9.47 Å². The monoisotopic (exact) mass is 322 g/mol. The Hall–Kier alpha value is -3.08. The van der Waals surface area contributed by atoms with Crippen molar-refractivity contribution in [3.63, 3.8) is 0 Å². The number of carbonyl (C=O) groups excluding carboxylic acids is 1. The van der Waals surface area contributed by atoms with Gasteiger partial charge in [-0.3, -0.25) is 9.78 Å². The fraction of sp³-hybridized carbons (Fsp3) is 0.158. The number of para-hydroxylation sites is 1. The van der Waals surface area contributed by atoms with Crippen LogP contribution in [-0.2, 0) is 4.79 Å². The Balaban J connectivity index is 1.77. The number of aryl methyl sites for hydroxylation is 1. The highest BCUT2D eigenvalue weighted by Crippen LogP contribution is 2.27. The third-order valence-corrected chi connectivity index (χ3v) is 3.64. The van der Waals surface area contributed by atoms with E-state index in [2.05, 4.69) is 10.3 Å². The van der Waals surface area contributed by atoms with Gasteiger partial charge in [-0.25, -0.2) is 0 Å². The number of nitrogens with one attached hydrogen (secondary N) is 1. The van der Waals surface area contributed by atoms with Gasteiger partial charge in [-0.1, -0.05) is 24.3 Å². The van der Waals surface area contributed by atoms with Crippen molar-refractivity contribution in [2.45, 2.75) is 6.92 Å². The average Bonchev–Trinajstić information content (AvgIpc) is 2.61. The van der Waals surface area contributed by atoms with E-state index in [0.29, 0.717) is 22.7 Å². The summed E-state index contributed by atoms with van der Waals surface area (Å²) in [5, 5.41) is 3.74. The Morgan fingerprint density at radius 2 is 2.00 bits per heavy atom. The Bertz CT molecular complexity index is 877. The lowest BCUT2D eigenvalue weighted by Gasteiger charge is -2.12. The van der Waals surface area contributed by atoms with E-state index in [0.717, 1.165) is 10.9 Å². The van der Waals surface area contributed by atoms with Crippen LogP contribution in [0.2, 0.25) is 0 Å². The van der Waals surface area contributed by atoms with Crippen molar-refractivity contribution in [3.8, 4) is 11.5 Å². The van der Waals surface area contributed by atoms with Crippen molar-refractivity contribution >= 4 is 22.5 Å². The lowest BCUT2D eigenvalue weighted by atomic mass is 10.1. The number of ether oxygens (including phenoxy) is 2. The SMILES string of the molecule is COc1cc(NC(=O)COc2ccccc2C)c2ncccc2c1. The number of carbonyl (C=O) groups is 1. The van der Waals surface area contributed by atoms with Gasteiger partial charge in [-0.2, -0.15) is 0 Å². The quantitative estimate of drug-likeness (QED) is 0.780. The number of fused-ring (bicyclic) bond motifs is 1. The molecule has 0 spiro atoms. The number of anilines is 1. The predicted molar refractivity (Wildman–Crippen MR) is 93.6 cm³/mol. The molecular weight excluding hydrogens is 304 g/mol. The summed E-state index contributed by atoms with van der Waals surface area (Å²) in [6.07, 6.45) is 1.69. The summed E-state index contributed by atoms with van der Waals surface area (Å²) in [6, 6.07) is 15.0. The molecule has 1 aromatic heterocycles. The zero-order chi connectivity index (χ0) is 16.9. The summed E-state index contributed by atoms with van der Waals surface area (Å²) in [6.45, 7) is 1.86. The second-order valence-electron chi connectivity index (χ2n) is 5.35. The van der Waals surface area contributed by atoms with Crippen LogP contribution in [0.25, 0.3) is 10.9 Å². The number of rotatable bonds is 5. The maximum absolute atomic E-state index is 12.2. The molecule has 3 rings (SSSR count). The topological polar surface area (TPSA) is 60.5 Å². The van der Waals surface area contributed by atoms with Crippen LogP contribution in [0, 0.1) is 6.92 Å². The van der Waals surface area contributed by atoms with Crippen LogP contribution in [-0.4, -0.2) is 24.6 Å². The second-order valence-corrected chi connectivity index (χ2v) is 5.35. The molecule has 0 saturated carbocycles. The summed E-state index contributed by atoms with van der Waals surface area (Å²) in [5.74, 6) is 1.10. The molecule has 0 radical (unpaired) electrons. The molecule has 0 unspecified atom stereocenters. The third-order valence-electron chi connectivity index (χ3n) is 3.64. The van der Waals surface area contributed by atoms with Crippen LogP contribution in [0.15, 0.2) is 54.7 Å². The highest BCUT2D eigenvalue weighted by molar-refractivity contribution is 6.01. The Labute approximate surface area is 140 Å². The Morgan fingerprint density at radius 3 is 2.79 bits per heavy atom. The summed E-state index contributed by atoms with van der Waals surface area (Å²) in [7, 11) is 1.59. The highest BCUT2D eigenvalue weighted by atomic mass is 16.5. The first-order valence-electron chi connectivity index (χ1n) is 7.58. The van der Waals surface area contributed by atoms with Crippen LogP contribution in [0.4, 0.5) is 5.69 Å². The molecule has 3 aromatic rings. The standard InChI is InChI=1S/C19H18N2O3/c1-13-6-3-4-8-17(13)24-12-18(22)21-16-11-15(23-2)10-14-7-5-9-20-19(14)16/h3-11H,12H2,1-2H3,(H,21,22). The number of amides is 1. The highest BCUT2D eigenvalue weighted by Gasteiger charge is 2.10. The lowest BCUT2D eigenvalue weighted by molar-refractivity contribution is -0.118. The van der Waals surface area contributed by atoms with Gasteiger partial charge >= 0.3 is 0 Å². The Morgan fingerprint density at radius 1 is 1.17 bits per heavy atom. The average molecular weight is 322 g/mol. The van der Waals surface area contributed by atoms with Crippen molar-refractivity contribution in [1.82, 2.24) is 4.98 Å². The number of pyridine rings is 1. The van der Waals surface area contributed by atoms with Gasteiger partial charge in [0.25, 0.3) is 5.91 Å². The first kappa shape index (κ1) is 15.8.